The van der Waals surface area contributed by atoms with Crippen LogP contribution in [0.2, 0.25) is 0 Å². The van der Waals surface area contributed by atoms with E-state index >= 15 is 0 Å². The van der Waals surface area contributed by atoms with Gasteiger partial charge in [0.05, 0.1) is 7.11 Å². The summed E-state index contributed by atoms with van der Waals surface area (Å²) in [5.74, 6) is -1.40. The van der Waals surface area contributed by atoms with Crippen molar-refractivity contribution in [1.29, 1.82) is 0 Å². The van der Waals surface area contributed by atoms with Gasteiger partial charge in [-0.05, 0) is 42.9 Å². The molecule has 1 N–H and O–H groups in total. The molecule has 2 aliphatic rings. The molecule has 1 unspecified atom stereocenters. The highest BCUT2D eigenvalue weighted by atomic mass is 79.9. The van der Waals surface area contributed by atoms with Gasteiger partial charge in [0.1, 0.15) is 6.10 Å². The zero-order chi connectivity index (χ0) is 20.7. The molecule has 2 fully saturated rings. The predicted molar refractivity (Wildman–Crippen MR) is 106 cm³/mol. The quantitative estimate of drug-likeness (QED) is 0.670. The Labute approximate surface area is 173 Å². The van der Waals surface area contributed by atoms with Crippen molar-refractivity contribution in [3.05, 3.63) is 33.8 Å². The standard InChI is InChI=1S/C19H24BrNO6S/c1-12-9-14(3-4-15(12)20)13-5-7-21(8-6-13)28(25,26)19(18(24)27-2)10-16(22)17(23)11-19/h3-4,9,13,16,22H,5-8,10-11H2,1-2H3/t16?,19-/m1/s1. The van der Waals surface area contributed by atoms with Crippen molar-refractivity contribution >= 4 is 37.7 Å². The van der Waals surface area contributed by atoms with Gasteiger partial charge in [-0.2, -0.15) is 0 Å². The molecular weight excluding hydrogens is 450 g/mol. The Hall–Kier alpha value is -1.29. The number of aliphatic hydroxyl groups is 1. The van der Waals surface area contributed by atoms with E-state index in [4.69, 9.17) is 4.74 Å². The first kappa shape index (κ1) is 21.4. The molecule has 7 nitrogen and oxygen atoms in total. The van der Waals surface area contributed by atoms with E-state index in [1.807, 2.05) is 19.1 Å². The zero-order valence-corrected chi connectivity index (χ0v) is 18.3. The van der Waals surface area contributed by atoms with E-state index < -0.39 is 45.5 Å². The molecule has 0 bridgehead atoms. The van der Waals surface area contributed by atoms with Crippen LogP contribution in [0.25, 0.3) is 0 Å². The Morgan fingerprint density at radius 1 is 1.32 bits per heavy atom. The van der Waals surface area contributed by atoms with E-state index in [2.05, 4.69) is 22.0 Å². The molecule has 1 aliphatic heterocycles. The third-order valence-electron chi connectivity index (χ3n) is 5.85. The van der Waals surface area contributed by atoms with Gasteiger partial charge in [0.25, 0.3) is 0 Å². The number of rotatable bonds is 4. The summed E-state index contributed by atoms with van der Waals surface area (Å²) in [4.78, 5) is 24.3. The Morgan fingerprint density at radius 2 is 1.96 bits per heavy atom. The molecule has 0 amide bonds. The second-order valence-corrected chi connectivity index (χ2v) is 10.6. The highest BCUT2D eigenvalue weighted by molar-refractivity contribution is 9.10. The Bertz CT molecular complexity index is 894. The summed E-state index contributed by atoms with van der Waals surface area (Å²) in [5, 5.41) is 9.83. The topological polar surface area (TPSA) is 101 Å². The molecule has 9 heteroatoms. The zero-order valence-electron chi connectivity index (χ0n) is 15.9. The van der Waals surface area contributed by atoms with Crippen LogP contribution in [0.15, 0.2) is 22.7 Å². The molecule has 1 aromatic carbocycles. The maximum atomic E-state index is 13.3. The van der Waals surface area contributed by atoms with Crippen LogP contribution < -0.4 is 0 Å². The summed E-state index contributed by atoms with van der Waals surface area (Å²) in [7, 11) is -3.06. The minimum atomic E-state index is -4.15. The Balaban J connectivity index is 1.81. The number of esters is 1. The molecule has 0 spiro atoms. The van der Waals surface area contributed by atoms with Crippen LogP contribution >= 0.6 is 15.9 Å². The van der Waals surface area contributed by atoms with Crippen LogP contribution in [0.3, 0.4) is 0 Å². The predicted octanol–water partition coefficient (Wildman–Crippen LogP) is 1.90. The van der Waals surface area contributed by atoms with Crippen LogP contribution in [0.1, 0.15) is 42.7 Å². The molecule has 1 saturated heterocycles. The van der Waals surface area contributed by atoms with Crippen LogP contribution in [0, 0.1) is 6.92 Å². The van der Waals surface area contributed by atoms with Gasteiger partial charge in [-0.3, -0.25) is 9.59 Å². The van der Waals surface area contributed by atoms with Gasteiger partial charge in [0.2, 0.25) is 10.0 Å². The molecule has 1 aliphatic carbocycles. The molecule has 0 radical (unpaired) electrons. The molecule has 3 rings (SSSR count). The number of ether oxygens (including phenoxy) is 1. The van der Waals surface area contributed by atoms with Crippen molar-refractivity contribution in [1.82, 2.24) is 4.31 Å². The number of sulfonamides is 1. The first-order valence-corrected chi connectivity index (χ1v) is 11.4. The number of aryl methyl sites for hydroxylation is 1. The largest absolute Gasteiger partial charge is 0.468 e. The van der Waals surface area contributed by atoms with Crippen LogP contribution in [0.5, 0.6) is 0 Å². The Morgan fingerprint density at radius 3 is 2.46 bits per heavy atom. The first-order valence-electron chi connectivity index (χ1n) is 9.17. The van der Waals surface area contributed by atoms with Crippen molar-refractivity contribution in [2.45, 2.75) is 49.4 Å². The fourth-order valence-corrected chi connectivity index (χ4v) is 6.56. The van der Waals surface area contributed by atoms with Crippen molar-refractivity contribution in [3.63, 3.8) is 0 Å². The minimum absolute atomic E-state index is 0.225. The molecule has 1 heterocycles. The van der Waals surface area contributed by atoms with E-state index in [0.717, 1.165) is 22.7 Å². The number of benzene rings is 1. The molecule has 28 heavy (non-hydrogen) atoms. The van der Waals surface area contributed by atoms with Gasteiger partial charge >= 0.3 is 5.97 Å². The summed E-state index contributed by atoms with van der Waals surface area (Å²) in [6.45, 7) is 2.52. The fraction of sp³-hybridized carbons (Fsp3) is 0.579. The van der Waals surface area contributed by atoms with Crippen LogP contribution in [-0.2, 0) is 24.3 Å². The molecule has 1 saturated carbocycles. The van der Waals surface area contributed by atoms with Gasteiger partial charge in [0.15, 0.2) is 10.5 Å². The van der Waals surface area contributed by atoms with Crippen LogP contribution in [0.4, 0.5) is 0 Å². The van der Waals surface area contributed by atoms with Crippen molar-refractivity contribution in [2.75, 3.05) is 20.2 Å². The number of hydrogen-bond donors (Lipinski definition) is 1. The summed E-state index contributed by atoms with van der Waals surface area (Å²) in [6, 6.07) is 6.13. The smallest absolute Gasteiger partial charge is 0.329 e. The highest BCUT2D eigenvalue weighted by Crippen LogP contribution is 2.40. The Kier molecular flexibility index (Phi) is 6.01. The van der Waals surface area contributed by atoms with Gasteiger partial charge in [0, 0.05) is 30.4 Å². The lowest BCUT2D eigenvalue weighted by atomic mass is 9.89. The third kappa shape index (κ3) is 3.53. The number of ketones is 1. The van der Waals surface area contributed by atoms with Crippen molar-refractivity contribution in [3.8, 4) is 0 Å². The number of halogens is 1. The number of aliphatic hydroxyl groups excluding tert-OH is 1. The van der Waals surface area contributed by atoms with E-state index in [0.29, 0.717) is 12.8 Å². The SMILES string of the molecule is COC(=O)[C@]1(S(=O)(=O)N2CCC(c3ccc(Br)c(C)c3)CC2)CC(=O)C(O)C1. The van der Waals surface area contributed by atoms with Gasteiger partial charge < -0.3 is 9.84 Å². The maximum Gasteiger partial charge on any atom is 0.329 e. The number of carbonyl (C=O) groups excluding carboxylic acids is 2. The summed E-state index contributed by atoms with van der Waals surface area (Å²) in [5.41, 5.74) is 2.28. The summed E-state index contributed by atoms with van der Waals surface area (Å²) >= 11 is 3.48. The second kappa shape index (κ2) is 7.85. The summed E-state index contributed by atoms with van der Waals surface area (Å²) < 4.78 is 31.6. The van der Waals surface area contributed by atoms with E-state index in [9.17, 15) is 23.1 Å². The molecule has 2 atom stereocenters. The van der Waals surface area contributed by atoms with Gasteiger partial charge in [-0.25, -0.2) is 12.7 Å². The monoisotopic (exact) mass is 473 g/mol. The number of Topliss-reactive ketones (excluding diaryl/α,β-unsaturated/α-hetero) is 1. The van der Waals surface area contributed by atoms with E-state index in [1.165, 1.54) is 4.31 Å². The van der Waals surface area contributed by atoms with Crippen LogP contribution in [-0.4, -0.2) is 60.6 Å². The number of nitrogens with zero attached hydrogens (tertiary/aromatic N) is 1. The first-order chi connectivity index (χ1) is 13.1. The van der Waals surface area contributed by atoms with Gasteiger partial charge in [-0.1, -0.05) is 28.1 Å². The average molecular weight is 474 g/mol. The lowest BCUT2D eigenvalue weighted by Gasteiger charge is -2.36. The summed E-state index contributed by atoms with van der Waals surface area (Å²) in [6.07, 6.45) is -1.22. The second-order valence-electron chi connectivity index (χ2n) is 7.54. The fourth-order valence-electron chi connectivity index (χ4n) is 4.14. The minimum Gasteiger partial charge on any atom is -0.468 e. The maximum absolute atomic E-state index is 13.3. The number of piperidine rings is 1. The molecule has 1 aromatic rings. The van der Waals surface area contributed by atoms with Crippen molar-refractivity contribution < 1.29 is 27.9 Å². The lowest BCUT2D eigenvalue weighted by Crippen LogP contribution is -2.54. The third-order valence-corrected chi connectivity index (χ3v) is 9.25. The normalized spacial score (nSPS) is 27.1. The van der Waals surface area contributed by atoms with E-state index in [1.54, 1.807) is 0 Å². The number of carbonyl (C=O) groups is 2. The molecule has 154 valence electrons. The highest BCUT2D eigenvalue weighted by Gasteiger charge is 2.61. The molecular formula is C19H24BrNO6S. The van der Waals surface area contributed by atoms with Crippen molar-refractivity contribution in [2.24, 2.45) is 0 Å². The number of hydrogen-bond acceptors (Lipinski definition) is 6. The molecule has 0 aromatic heterocycles. The van der Waals surface area contributed by atoms with Gasteiger partial charge in [-0.15, -0.1) is 0 Å². The number of methoxy groups -OCH3 is 1. The average Bonchev–Trinajstić information content (AvgIpc) is 2.99. The van der Waals surface area contributed by atoms with E-state index in [-0.39, 0.29) is 19.0 Å². The lowest BCUT2D eigenvalue weighted by molar-refractivity contribution is -0.144.